The summed E-state index contributed by atoms with van der Waals surface area (Å²) in [5, 5.41) is 7.27. The zero-order chi connectivity index (χ0) is 33.8. The third-order valence-corrected chi connectivity index (χ3v) is 12.2. The lowest BCUT2D eigenvalue weighted by molar-refractivity contribution is 0.667. The summed E-state index contributed by atoms with van der Waals surface area (Å²) < 4.78 is 3.62. The van der Waals surface area contributed by atoms with E-state index in [-0.39, 0.29) is 5.41 Å². The summed E-state index contributed by atoms with van der Waals surface area (Å²) in [5.74, 6) is 0.686. The standard InChI is InChI=1S/C47H31N3S/c1-47(2)38-21-10-8-18-34(38)44-41(47)36-25-24-33-37-27-30(32-20-12-16-28-13-6-7-17-31(28)32)23-26-40(37)50(43(33)45(36)51-44)46-48-39-22-11-9-19-35(39)42(49-46)29-14-4-3-5-15-29/h3-27H,1-2H3. The summed E-state index contributed by atoms with van der Waals surface area (Å²) in [7, 11) is 0. The van der Waals surface area contributed by atoms with E-state index in [2.05, 4.69) is 170 Å². The topological polar surface area (TPSA) is 30.7 Å². The van der Waals surface area contributed by atoms with Crippen molar-refractivity contribution in [1.29, 1.82) is 0 Å². The van der Waals surface area contributed by atoms with E-state index >= 15 is 0 Å². The van der Waals surface area contributed by atoms with Crippen LogP contribution in [-0.4, -0.2) is 14.5 Å². The second-order valence-electron chi connectivity index (χ2n) is 14.2. The van der Waals surface area contributed by atoms with E-state index in [0.29, 0.717) is 5.95 Å². The van der Waals surface area contributed by atoms with Crippen molar-refractivity contribution in [3.05, 3.63) is 163 Å². The molecule has 7 aromatic carbocycles. The zero-order valence-electron chi connectivity index (χ0n) is 28.2. The van der Waals surface area contributed by atoms with Crippen molar-refractivity contribution >= 4 is 64.9 Å². The van der Waals surface area contributed by atoms with Gasteiger partial charge >= 0.3 is 0 Å². The van der Waals surface area contributed by atoms with Crippen LogP contribution in [0.25, 0.3) is 92.3 Å². The molecule has 0 aliphatic heterocycles. The number of hydrogen-bond donors (Lipinski definition) is 0. The summed E-state index contributed by atoms with van der Waals surface area (Å²) in [6, 6.07) is 54.7. The third-order valence-electron chi connectivity index (χ3n) is 11.0. The Morgan fingerprint density at radius 3 is 2.18 bits per heavy atom. The quantitative estimate of drug-likeness (QED) is 0.187. The van der Waals surface area contributed by atoms with Gasteiger partial charge in [0.15, 0.2) is 0 Å². The first kappa shape index (κ1) is 28.7. The van der Waals surface area contributed by atoms with Crippen molar-refractivity contribution in [2.75, 3.05) is 0 Å². The van der Waals surface area contributed by atoms with Crippen LogP contribution >= 0.6 is 11.3 Å². The second kappa shape index (κ2) is 10.5. The molecule has 0 fully saturated rings. The molecule has 3 heterocycles. The minimum absolute atomic E-state index is 0.101. The molecule has 0 spiro atoms. The maximum absolute atomic E-state index is 5.43. The minimum Gasteiger partial charge on any atom is -0.276 e. The smallest absolute Gasteiger partial charge is 0.235 e. The first-order chi connectivity index (χ1) is 25.1. The van der Waals surface area contributed by atoms with Crippen LogP contribution < -0.4 is 0 Å². The van der Waals surface area contributed by atoms with Crippen molar-refractivity contribution in [1.82, 2.24) is 14.5 Å². The Balaban J connectivity index is 1.27. The van der Waals surface area contributed by atoms with Gasteiger partial charge in [-0.3, -0.25) is 4.57 Å². The molecule has 0 unspecified atom stereocenters. The fourth-order valence-electron chi connectivity index (χ4n) is 8.66. The van der Waals surface area contributed by atoms with E-state index in [1.54, 1.807) is 0 Å². The van der Waals surface area contributed by atoms with Crippen LogP contribution in [0, 0.1) is 0 Å². The van der Waals surface area contributed by atoms with Crippen LogP contribution in [-0.2, 0) is 5.41 Å². The van der Waals surface area contributed by atoms with Crippen molar-refractivity contribution < 1.29 is 0 Å². The summed E-state index contributed by atoms with van der Waals surface area (Å²) in [4.78, 5) is 12.1. The Morgan fingerprint density at radius 1 is 0.549 bits per heavy atom. The average Bonchev–Trinajstić information content (AvgIpc) is 3.81. The highest BCUT2D eigenvalue weighted by molar-refractivity contribution is 7.23. The maximum atomic E-state index is 5.43. The first-order valence-electron chi connectivity index (χ1n) is 17.5. The molecule has 0 saturated heterocycles. The van der Waals surface area contributed by atoms with E-state index in [0.717, 1.165) is 27.7 Å². The molecule has 0 N–H and O–H groups in total. The van der Waals surface area contributed by atoms with Gasteiger partial charge in [0.2, 0.25) is 5.95 Å². The maximum Gasteiger partial charge on any atom is 0.235 e. The molecule has 3 aromatic heterocycles. The summed E-state index contributed by atoms with van der Waals surface area (Å²) >= 11 is 1.92. The number of nitrogens with zero attached hydrogens (tertiary/aromatic N) is 3. The number of thiophene rings is 1. The molecule has 240 valence electrons. The van der Waals surface area contributed by atoms with Gasteiger partial charge in [0, 0.05) is 32.0 Å². The predicted octanol–water partition coefficient (Wildman–Crippen LogP) is 12.7. The van der Waals surface area contributed by atoms with E-state index in [9.17, 15) is 0 Å². The number of benzene rings is 7. The lowest BCUT2D eigenvalue weighted by atomic mass is 9.81. The molecule has 3 nitrogen and oxygen atoms in total. The van der Waals surface area contributed by atoms with Gasteiger partial charge in [0.1, 0.15) is 0 Å². The van der Waals surface area contributed by atoms with Gasteiger partial charge in [-0.2, -0.15) is 0 Å². The Labute approximate surface area is 299 Å². The van der Waals surface area contributed by atoms with Crippen LogP contribution in [0.1, 0.15) is 25.0 Å². The zero-order valence-corrected chi connectivity index (χ0v) is 29.0. The van der Waals surface area contributed by atoms with Gasteiger partial charge in [-0.1, -0.05) is 147 Å². The molecule has 4 heteroatoms. The number of fused-ring (bicyclic) bond motifs is 11. The number of para-hydroxylation sites is 1. The highest BCUT2D eigenvalue weighted by Gasteiger charge is 2.39. The Bertz CT molecular complexity index is 3050. The largest absolute Gasteiger partial charge is 0.276 e. The Hall–Kier alpha value is -6.10. The second-order valence-corrected chi connectivity index (χ2v) is 15.2. The number of rotatable bonds is 3. The molecule has 0 amide bonds. The van der Waals surface area contributed by atoms with Gasteiger partial charge in [0.05, 0.1) is 26.9 Å². The molecule has 1 aliphatic carbocycles. The highest BCUT2D eigenvalue weighted by atomic mass is 32.1. The Kier molecular flexibility index (Phi) is 5.89. The van der Waals surface area contributed by atoms with E-state index < -0.39 is 0 Å². The minimum atomic E-state index is -0.101. The van der Waals surface area contributed by atoms with Crippen molar-refractivity contribution in [3.63, 3.8) is 0 Å². The highest BCUT2D eigenvalue weighted by Crippen LogP contribution is 2.56. The fourth-order valence-corrected chi connectivity index (χ4v) is 10.2. The molecular weight excluding hydrogens is 639 g/mol. The summed E-state index contributed by atoms with van der Waals surface area (Å²) in [5.41, 5.74) is 11.7. The third kappa shape index (κ3) is 3.99. The van der Waals surface area contributed by atoms with Gasteiger partial charge < -0.3 is 0 Å². The molecule has 51 heavy (non-hydrogen) atoms. The average molecular weight is 670 g/mol. The lowest BCUT2D eigenvalue weighted by Crippen LogP contribution is -2.14. The van der Waals surface area contributed by atoms with Crippen LogP contribution in [0.15, 0.2) is 152 Å². The summed E-state index contributed by atoms with van der Waals surface area (Å²) in [6.07, 6.45) is 0. The van der Waals surface area contributed by atoms with Crippen LogP contribution in [0.4, 0.5) is 0 Å². The van der Waals surface area contributed by atoms with Gasteiger partial charge in [-0.15, -0.1) is 11.3 Å². The van der Waals surface area contributed by atoms with Crippen molar-refractivity contribution in [3.8, 4) is 38.8 Å². The van der Waals surface area contributed by atoms with Crippen molar-refractivity contribution in [2.45, 2.75) is 19.3 Å². The SMILES string of the molecule is CC1(C)c2ccccc2-c2sc3c(ccc4c5cc(-c6cccc7ccccc67)ccc5n(-c5nc(-c6ccccc6)c6ccccc6n5)c43)c21. The van der Waals surface area contributed by atoms with Crippen LogP contribution in [0.5, 0.6) is 0 Å². The molecule has 1 aliphatic rings. The van der Waals surface area contributed by atoms with E-state index in [1.807, 2.05) is 11.3 Å². The van der Waals surface area contributed by atoms with Crippen LogP contribution in [0.2, 0.25) is 0 Å². The summed E-state index contributed by atoms with van der Waals surface area (Å²) in [6.45, 7) is 4.75. The molecule has 11 rings (SSSR count). The molecular formula is C47H31N3S. The van der Waals surface area contributed by atoms with E-state index in [4.69, 9.17) is 9.97 Å². The van der Waals surface area contributed by atoms with Gasteiger partial charge in [-0.25, -0.2) is 9.97 Å². The number of hydrogen-bond acceptors (Lipinski definition) is 3. The van der Waals surface area contributed by atoms with Gasteiger partial charge in [-0.05, 0) is 62.2 Å². The lowest BCUT2D eigenvalue weighted by Gasteiger charge is -2.21. The fraction of sp³-hybridized carbons (Fsp3) is 0.0638. The Morgan fingerprint density at radius 2 is 1.27 bits per heavy atom. The first-order valence-corrected chi connectivity index (χ1v) is 18.3. The molecule has 10 aromatic rings. The molecule has 0 saturated carbocycles. The van der Waals surface area contributed by atoms with Gasteiger partial charge in [0.25, 0.3) is 0 Å². The van der Waals surface area contributed by atoms with Crippen LogP contribution in [0.3, 0.4) is 0 Å². The molecule has 0 radical (unpaired) electrons. The molecule has 0 atom stereocenters. The van der Waals surface area contributed by atoms with Crippen molar-refractivity contribution in [2.24, 2.45) is 0 Å². The predicted molar refractivity (Wildman–Crippen MR) is 215 cm³/mol. The van der Waals surface area contributed by atoms with E-state index in [1.165, 1.54) is 69.8 Å². The normalized spacial score (nSPS) is 13.5. The number of aromatic nitrogens is 3. The molecule has 0 bridgehead atoms. The monoisotopic (exact) mass is 669 g/mol.